The molecular weight excluding hydrogens is 203 g/mol. The molecule has 2 aromatic carbocycles. The standard InChI is InChI=1S/C14H13FO/c1-10-7-12(9-14(8-10)16-2)11-3-5-13(15)6-4-11/h3-9H,1-2H3. The summed E-state index contributed by atoms with van der Waals surface area (Å²) in [5.41, 5.74) is 3.15. The van der Waals surface area contributed by atoms with Crippen molar-refractivity contribution in [2.75, 3.05) is 7.11 Å². The van der Waals surface area contributed by atoms with E-state index in [9.17, 15) is 4.39 Å². The Balaban J connectivity index is 2.47. The van der Waals surface area contributed by atoms with Crippen LogP contribution in [0.3, 0.4) is 0 Å². The highest BCUT2D eigenvalue weighted by Crippen LogP contribution is 2.25. The molecule has 16 heavy (non-hydrogen) atoms. The summed E-state index contributed by atoms with van der Waals surface area (Å²) < 4.78 is 18.0. The highest BCUT2D eigenvalue weighted by atomic mass is 19.1. The van der Waals surface area contributed by atoms with Gasteiger partial charge in [-0.3, -0.25) is 0 Å². The topological polar surface area (TPSA) is 9.23 Å². The van der Waals surface area contributed by atoms with Crippen LogP contribution in [0.25, 0.3) is 11.1 Å². The van der Waals surface area contributed by atoms with Crippen molar-refractivity contribution in [1.82, 2.24) is 0 Å². The minimum atomic E-state index is -0.219. The van der Waals surface area contributed by atoms with Gasteiger partial charge in [0, 0.05) is 0 Å². The average molecular weight is 216 g/mol. The van der Waals surface area contributed by atoms with E-state index in [1.54, 1.807) is 19.2 Å². The van der Waals surface area contributed by atoms with E-state index >= 15 is 0 Å². The highest BCUT2D eigenvalue weighted by Gasteiger charge is 2.01. The van der Waals surface area contributed by atoms with Gasteiger partial charge in [0.1, 0.15) is 11.6 Å². The van der Waals surface area contributed by atoms with Crippen molar-refractivity contribution in [1.29, 1.82) is 0 Å². The molecule has 0 aliphatic heterocycles. The first kappa shape index (κ1) is 10.7. The Morgan fingerprint density at radius 2 is 1.62 bits per heavy atom. The van der Waals surface area contributed by atoms with Crippen LogP contribution in [0, 0.1) is 12.7 Å². The largest absolute Gasteiger partial charge is 0.497 e. The van der Waals surface area contributed by atoms with E-state index in [4.69, 9.17) is 4.74 Å². The molecule has 2 heteroatoms. The molecule has 0 aromatic heterocycles. The Hall–Kier alpha value is -1.83. The second kappa shape index (κ2) is 4.35. The molecule has 82 valence electrons. The fourth-order valence-corrected chi connectivity index (χ4v) is 1.67. The molecule has 0 bridgehead atoms. The SMILES string of the molecule is COc1cc(C)cc(-c2ccc(F)cc2)c1. The summed E-state index contributed by atoms with van der Waals surface area (Å²) in [5.74, 6) is 0.600. The lowest BCUT2D eigenvalue weighted by molar-refractivity contribution is 0.414. The minimum Gasteiger partial charge on any atom is -0.497 e. The lowest BCUT2D eigenvalue weighted by atomic mass is 10.0. The Bertz CT molecular complexity index is 489. The number of rotatable bonds is 2. The quantitative estimate of drug-likeness (QED) is 0.741. The van der Waals surface area contributed by atoms with Crippen molar-refractivity contribution in [2.24, 2.45) is 0 Å². The van der Waals surface area contributed by atoms with Gasteiger partial charge in [-0.1, -0.05) is 18.2 Å². The van der Waals surface area contributed by atoms with Crippen molar-refractivity contribution in [3.05, 3.63) is 53.8 Å². The monoisotopic (exact) mass is 216 g/mol. The maximum atomic E-state index is 12.8. The molecule has 0 N–H and O–H groups in total. The average Bonchev–Trinajstić information content (AvgIpc) is 2.29. The molecule has 0 fully saturated rings. The van der Waals surface area contributed by atoms with Crippen LogP contribution in [0.15, 0.2) is 42.5 Å². The summed E-state index contributed by atoms with van der Waals surface area (Å²) in [4.78, 5) is 0. The maximum absolute atomic E-state index is 12.8. The lowest BCUT2D eigenvalue weighted by Crippen LogP contribution is -1.86. The van der Waals surface area contributed by atoms with E-state index in [1.807, 2.05) is 19.1 Å². The predicted octanol–water partition coefficient (Wildman–Crippen LogP) is 3.81. The van der Waals surface area contributed by atoms with Crippen molar-refractivity contribution in [2.45, 2.75) is 6.92 Å². The third-order valence-electron chi connectivity index (χ3n) is 2.46. The zero-order valence-corrected chi connectivity index (χ0v) is 9.33. The zero-order chi connectivity index (χ0) is 11.5. The molecule has 0 aliphatic rings. The van der Waals surface area contributed by atoms with Gasteiger partial charge in [0.15, 0.2) is 0 Å². The van der Waals surface area contributed by atoms with Gasteiger partial charge in [0.2, 0.25) is 0 Å². The van der Waals surface area contributed by atoms with Gasteiger partial charge in [0.05, 0.1) is 7.11 Å². The van der Waals surface area contributed by atoms with Gasteiger partial charge in [-0.2, -0.15) is 0 Å². The van der Waals surface area contributed by atoms with Crippen LogP contribution in [0.4, 0.5) is 4.39 Å². The maximum Gasteiger partial charge on any atom is 0.123 e. The van der Waals surface area contributed by atoms with Crippen LogP contribution in [0.1, 0.15) is 5.56 Å². The Labute approximate surface area is 94.5 Å². The molecule has 1 nitrogen and oxygen atoms in total. The molecular formula is C14H13FO. The van der Waals surface area contributed by atoms with Crippen LogP contribution in [-0.4, -0.2) is 7.11 Å². The number of benzene rings is 2. The first-order valence-corrected chi connectivity index (χ1v) is 5.10. The van der Waals surface area contributed by atoms with Gasteiger partial charge in [-0.05, 0) is 47.9 Å². The molecule has 0 atom stereocenters. The number of aryl methyl sites for hydroxylation is 1. The Kier molecular flexibility index (Phi) is 2.91. The van der Waals surface area contributed by atoms with Crippen LogP contribution in [0.5, 0.6) is 5.75 Å². The summed E-state index contributed by atoms with van der Waals surface area (Å²) in [6.07, 6.45) is 0. The van der Waals surface area contributed by atoms with Gasteiger partial charge in [-0.15, -0.1) is 0 Å². The molecule has 0 aliphatic carbocycles. The molecule has 0 unspecified atom stereocenters. The smallest absolute Gasteiger partial charge is 0.123 e. The van der Waals surface area contributed by atoms with E-state index in [1.165, 1.54) is 12.1 Å². The fraction of sp³-hybridized carbons (Fsp3) is 0.143. The zero-order valence-electron chi connectivity index (χ0n) is 9.33. The van der Waals surface area contributed by atoms with E-state index in [2.05, 4.69) is 6.07 Å². The first-order chi connectivity index (χ1) is 7.69. The van der Waals surface area contributed by atoms with E-state index < -0.39 is 0 Å². The first-order valence-electron chi connectivity index (χ1n) is 5.10. The second-order valence-electron chi connectivity index (χ2n) is 3.75. The van der Waals surface area contributed by atoms with Crippen molar-refractivity contribution >= 4 is 0 Å². The summed E-state index contributed by atoms with van der Waals surface area (Å²) in [5, 5.41) is 0. The number of halogens is 1. The molecule has 0 amide bonds. The summed E-state index contributed by atoms with van der Waals surface area (Å²) >= 11 is 0. The third kappa shape index (κ3) is 2.22. The van der Waals surface area contributed by atoms with Crippen LogP contribution in [-0.2, 0) is 0 Å². The summed E-state index contributed by atoms with van der Waals surface area (Å²) in [7, 11) is 1.64. The molecule has 0 saturated heterocycles. The van der Waals surface area contributed by atoms with Gasteiger partial charge in [-0.25, -0.2) is 4.39 Å². The molecule has 2 rings (SSSR count). The fourth-order valence-electron chi connectivity index (χ4n) is 1.67. The van der Waals surface area contributed by atoms with Crippen LogP contribution in [0.2, 0.25) is 0 Å². The number of hydrogen-bond donors (Lipinski definition) is 0. The molecule has 2 aromatic rings. The van der Waals surface area contributed by atoms with E-state index in [0.717, 1.165) is 22.4 Å². The molecule has 0 radical (unpaired) electrons. The van der Waals surface area contributed by atoms with Crippen molar-refractivity contribution < 1.29 is 9.13 Å². The number of ether oxygens (including phenoxy) is 1. The Morgan fingerprint density at radius 1 is 0.938 bits per heavy atom. The van der Waals surface area contributed by atoms with E-state index in [-0.39, 0.29) is 5.82 Å². The van der Waals surface area contributed by atoms with Gasteiger partial charge >= 0.3 is 0 Å². The normalized spacial score (nSPS) is 10.2. The van der Waals surface area contributed by atoms with Crippen molar-refractivity contribution in [3.8, 4) is 16.9 Å². The molecule has 0 heterocycles. The lowest BCUT2D eigenvalue weighted by Gasteiger charge is -2.06. The van der Waals surface area contributed by atoms with Gasteiger partial charge in [0.25, 0.3) is 0 Å². The van der Waals surface area contributed by atoms with Crippen LogP contribution >= 0.6 is 0 Å². The summed E-state index contributed by atoms with van der Waals surface area (Å²) in [6.45, 7) is 2.01. The predicted molar refractivity (Wildman–Crippen MR) is 63.1 cm³/mol. The van der Waals surface area contributed by atoms with E-state index in [0.29, 0.717) is 0 Å². The summed E-state index contributed by atoms with van der Waals surface area (Å²) in [6, 6.07) is 12.4. The number of methoxy groups -OCH3 is 1. The second-order valence-corrected chi connectivity index (χ2v) is 3.75. The minimum absolute atomic E-state index is 0.219. The highest BCUT2D eigenvalue weighted by molar-refractivity contribution is 5.66. The number of hydrogen-bond acceptors (Lipinski definition) is 1. The van der Waals surface area contributed by atoms with Crippen molar-refractivity contribution in [3.63, 3.8) is 0 Å². The van der Waals surface area contributed by atoms with Crippen LogP contribution < -0.4 is 4.74 Å². The third-order valence-corrected chi connectivity index (χ3v) is 2.46. The Morgan fingerprint density at radius 3 is 2.25 bits per heavy atom. The van der Waals surface area contributed by atoms with Gasteiger partial charge < -0.3 is 4.74 Å². The molecule has 0 saturated carbocycles. The molecule has 0 spiro atoms.